The molecule has 108 valence electrons. The van der Waals surface area contributed by atoms with Gasteiger partial charge in [0.1, 0.15) is 0 Å². The third kappa shape index (κ3) is 3.24. The van der Waals surface area contributed by atoms with Crippen LogP contribution in [0, 0.1) is 5.82 Å². The van der Waals surface area contributed by atoms with Crippen LogP contribution in [0.3, 0.4) is 0 Å². The van der Waals surface area contributed by atoms with Crippen LogP contribution < -0.4 is 4.74 Å². The molecule has 6 nitrogen and oxygen atoms in total. The Labute approximate surface area is 114 Å². The van der Waals surface area contributed by atoms with Gasteiger partial charge >= 0.3 is 5.97 Å². The third-order valence-electron chi connectivity index (χ3n) is 2.92. The molecule has 1 N–H and O–H groups in total. The number of morpholine rings is 1. The number of hydrogen-bond donors (Lipinski definition) is 1. The van der Waals surface area contributed by atoms with E-state index in [0.717, 1.165) is 0 Å². The summed E-state index contributed by atoms with van der Waals surface area (Å²) in [6.45, 7) is -0.0167. The fraction of sp³-hybridized carbons (Fsp3) is 0.385. The number of rotatable bonds is 4. The van der Waals surface area contributed by atoms with Crippen molar-refractivity contribution in [3.63, 3.8) is 0 Å². The smallest absolute Gasteiger partial charge is 0.328 e. The van der Waals surface area contributed by atoms with Crippen LogP contribution in [0.15, 0.2) is 24.3 Å². The Morgan fingerprint density at radius 2 is 2.20 bits per heavy atom. The van der Waals surface area contributed by atoms with Crippen molar-refractivity contribution in [1.82, 2.24) is 4.90 Å². The molecule has 1 aliphatic rings. The van der Waals surface area contributed by atoms with E-state index in [2.05, 4.69) is 0 Å². The van der Waals surface area contributed by atoms with Crippen LogP contribution in [0.1, 0.15) is 0 Å². The average Bonchev–Trinajstić information content (AvgIpc) is 2.46. The lowest BCUT2D eigenvalue weighted by Gasteiger charge is -2.32. The zero-order chi connectivity index (χ0) is 14.5. The molecule has 1 fully saturated rings. The van der Waals surface area contributed by atoms with Crippen molar-refractivity contribution in [3.05, 3.63) is 30.1 Å². The standard InChI is InChI=1S/C13H14FNO5/c14-9-3-1-2-4-11(9)20-8-12(16)15-5-6-19-7-10(15)13(17)18/h1-4,10H,5-8H2,(H,17,18)/t10-/m1/s1. The maximum absolute atomic E-state index is 13.3. The highest BCUT2D eigenvalue weighted by molar-refractivity contribution is 5.84. The van der Waals surface area contributed by atoms with Gasteiger partial charge in [0.15, 0.2) is 24.2 Å². The highest BCUT2D eigenvalue weighted by Crippen LogP contribution is 2.16. The van der Waals surface area contributed by atoms with E-state index in [1.165, 1.54) is 23.1 Å². The maximum atomic E-state index is 13.3. The molecule has 2 rings (SSSR count). The third-order valence-corrected chi connectivity index (χ3v) is 2.92. The van der Waals surface area contributed by atoms with Crippen molar-refractivity contribution in [2.45, 2.75) is 6.04 Å². The molecule has 1 aromatic rings. The Hall–Kier alpha value is -2.15. The number of para-hydroxylation sites is 1. The Morgan fingerprint density at radius 3 is 2.90 bits per heavy atom. The summed E-state index contributed by atoms with van der Waals surface area (Å²) in [5.41, 5.74) is 0. The molecule has 20 heavy (non-hydrogen) atoms. The fourth-order valence-electron chi connectivity index (χ4n) is 1.89. The Morgan fingerprint density at radius 1 is 1.45 bits per heavy atom. The van der Waals surface area contributed by atoms with Crippen molar-refractivity contribution in [2.24, 2.45) is 0 Å². The van der Waals surface area contributed by atoms with Gasteiger partial charge in [0, 0.05) is 6.54 Å². The highest BCUT2D eigenvalue weighted by Gasteiger charge is 2.32. The predicted molar refractivity (Wildman–Crippen MR) is 65.9 cm³/mol. The minimum absolute atomic E-state index is 0.0408. The lowest BCUT2D eigenvalue weighted by atomic mass is 10.2. The molecule has 1 atom stereocenters. The van der Waals surface area contributed by atoms with E-state index < -0.39 is 30.3 Å². The molecule has 1 aliphatic heterocycles. The first-order chi connectivity index (χ1) is 9.59. The van der Waals surface area contributed by atoms with Crippen LogP contribution in [0.2, 0.25) is 0 Å². The topological polar surface area (TPSA) is 76.1 Å². The molecule has 7 heteroatoms. The summed E-state index contributed by atoms with van der Waals surface area (Å²) in [7, 11) is 0. The molecule has 0 bridgehead atoms. The number of benzene rings is 1. The van der Waals surface area contributed by atoms with Gasteiger partial charge < -0.3 is 19.5 Å². The zero-order valence-corrected chi connectivity index (χ0v) is 10.6. The van der Waals surface area contributed by atoms with Crippen molar-refractivity contribution in [3.8, 4) is 5.75 Å². The minimum atomic E-state index is -1.14. The van der Waals surface area contributed by atoms with Crippen molar-refractivity contribution < 1.29 is 28.6 Å². The fourth-order valence-corrected chi connectivity index (χ4v) is 1.89. The number of ether oxygens (including phenoxy) is 2. The molecular formula is C13H14FNO5. The molecule has 1 aromatic carbocycles. The molecular weight excluding hydrogens is 269 g/mol. The summed E-state index contributed by atoms with van der Waals surface area (Å²) in [4.78, 5) is 24.2. The number of aliphatic carboxylic acids is 1. The Bertz CT molecular complexity index is 507. The number of hydrogen-bond acceptors (Lipinski definition) is 4. The first-order valence-electron chi connectivity index (χ1n) is 6.07. The second kappa shape index (κ2) is 6.33. The monoisotopic (exact) mass is 283 g/mol. The van der Waals surface area contributed by atoms with Crippen LogP contribution >= 0.6 is 0 Å². The van der Waals surface area contributed by atoms with E-state index in [0.29, 0.717) is 0 Å². The van der Waals surface area contributed by atoms with E-state index >= 15 is 0 Å². The molecule has 1 saturated heterocycles. The van der Waals surface area contributed by atoms with Crippen LogP contribution in [0.25, 0.3) is 0 Å². The van der Waals surface area contributed by atoms with Gasteiger partial charge in [-0.2, -0.15) is 0 Å². The minimum Gasteiger partial charge on any atom is -0.481 e. The predicted octanol–water partition coefficient (Wildman–Crippen LogP) is 0.516. The lowest BCUT2D eigenvalue weighted by Crippen LogP contribution is -2.53. The second-order valence-corrected chi connectivity index (χ2v) is 4.24. The first kappa shape index (κ1) is 14.3. The molecule has 0 aromatic heterocycles. The number of carboxylic acids is 1. The van der Waals surface area contributed by atoms with Crippen molar-refractivity contribution in [1.29, 1.82) is 0 Å². The molecule has 0 aliphatic carbocycles. The summed E-state index contributed by atoms with van der Waals surface area (Å²) in [5, 5.41) is 9.01. The largest absolute Gasteiger partial charge is 0.481 e. The summed E-state index contributed by atoms with van der Waals surface area (Å²) in [6, 6.07) is 4.68. The van der Waals surface area contributed by atoms with Gasteiger partial charge in [-0.05, 0) is 12.1 Å². The number of amides is 1. The number of carbonyl (C=O) groups excluding carboxylic acids is 1. The van der Waals surface area contributed by atoms with E-state index in [1.54, 1.807) is 6.07 Å². The SMILES string of the molecule is O=C(O)[C@H]1COCCN1C(=O)COc1ccccc1F. The molecule has 1 heterocycles. The van der Waals surface area contributed by atoms with Crippen LogP contribution in [0.5, 0.6) is 5.75 Å². The summed E-state index contributed by atoms with van der Waals surface area (Å²) >= 11 is 0. The van der Waals surface area contributed by atoms with Gasteiger partial charge in [-0.1, -0.05) is 12.1 Å². The van der Waals surface area contributed by atoms with Crippen molar-refractivity contribution >= 4 is 11.9 Å². The summed E-state index contributed by atoms with van der Waals surface area (Å²) in [5.74, 6) is -2.26. The van der Waals surface area contributed by atoms with E-state index in [1.807, 2.05) is 0 Å². The highest BCUT2D eigenvalue weighted by atomic mass is 19.1. The van der Waals surface area contributed by atoms with Gasteiger partial charge in [-0.3, -0.25) is 4.79 Å². The molecule has 0 radical (unpaired) electrons. The number of carboxylic acid groups (broad SMARTS) is 1. The summed E-state index contributed by atoms with van der Waals surface area (Å²) < 4.78 is 23.4. The maximum Gasteiger partial charge on any atom is 0.328 e. The van der Waals surface area contributed by atoms with E-state index in [4.69, 9.17) is 14.6 Å². The lowest BCUT2D eigenvalue weighted by molar-refractivity contribution is -0.159. The molecule has 0 saturated carbocycles. The molecule has 0 unspecified atom stereocenters. The van der Waals surface area contributed by atoms with Gasteiger partial charge in [0.05, 0.1) is 13.2 Å². The second-order valence-electron chi connectivity index (χ2n) is 4.24. The quantitative estimate of drug-likeness (QED) is 0.871. The number of carbonyl (C=O) groups is 2. The van der Waals surface area contributed by atoms with E-state index in [9.17, 15) is 14.0 Å². The van der Waals surface area contributed by atoms with Crippen LogP contribution in [0.4, 0.5) is 4.39 Å². The van der Waals surface area contributed by atoms with Crippen molar-refractivity contribution in [2.75, 3.05) is 26.4 Å². The van der Waals surface area contributed by atoms with Crippen LogP contribution in [-0.2, 0) is 14.3 Å². The number of nitrogens with zero attached hydrogens (tertiary/aromatic N) is 1. The van der Waals surface area contributed by atoms with Crippen LogP contribution in [-0.4, -0.2) is 54.3 Å². The molecule has 1 amide bonds. The Kier molecular flexibility index (Phi) is 4.52. The van der Waals surface area contributed by atoms with Gasteiger partial charge in [0.25, 0.3) is 5.91 Å². The Balaban J connectivity index is 1.97. The van der Waals surface area contributed by atoms with Gasteiger partial charge in [0.2, 0.25) is 0 Å². The first-order valence-corrected chi connectivity index (χ1v) is 6.07. The van der Waals surface area contributed by atoms with Gasteiger partial charge in [-0.25, -0.2) is 9.18 Å². The summed E-state index contributed by atoms with van der Waals surface area (Å²) in [6.07, 6.45) is 0. The van der Waals surface area contributed by atoms with E-state index in [-0.39, 0.29) is 25.5 Å². The average molecular weight is 283 g/mol. The van der Waals surface area contributed by atoms with Gasteiger partial charge in [-0.15, -0.1) is 0 Å². The molecule has 0 spiro atoms. The normalized spacial score (nSPS) is 18.6. The number of halogens is 1. The zero-order valence-electron chi connectivity index (χ0n) is 10.6.